The van der Waals surface area contributed by atoms with Crippen LogP contribution in [0.2, 0.25) is 0 Å². The van der Waals surface area contributed by atoms with Gasteiger partial charge in [-0.2, -0.15) is 4.68 Å². The second-order valence-electron chi connectivity index (χ2n) is 5.67. The number of esters is 1. The van der Waals surface area contributed by atoms with E-state index in [1.807, 2.05) is 0 Å². The van der Waals surface area contributed by atoms with E-state index in [0.29, 0.717) is 18.5 Å². The molecular formula is C15H17FN3O4S+. The first kappa shape index (κ1) is 16.7. The van der Waals surface area contributed by atoms with Gasteiger partial charge < -0.3 is 19.2 Å². The summed E-state index contributed by atoms with van der Waals surface area (Å²) >= 11 is 5.16. The van der Waals surface area contributed by atoms with E-state index in [1.54, 1.807) is 12.1 Å². The fraction of sp³-hybridized carbons (Fsp3) is 0.400. The van der Waals surface area contributed by atoms with Crippen molar-refractivity contribution in [3.63, 3.8) is 0 Å². The van der Waals surface area contributed by atoms with E-state index in [4.69, 9.17) is 21.4 Å². The zero-order chi connectivity index (χ0) is 17.3. The number of benzene rings is 1. The van der Waals surface area contributed by atoms with Crippen molar-refractivity contribution in [1.29, 1.82) is 0 Å². The van der Waals surface area contributed by atoms with Gasteiger partial charge in [-0.3, -0.25) is 0 Å². The van der Waals surface area contributed by atoms with Gasteiger partial charge in [0, 0.05) is 12.0 Å². The van der Waals surface area contributed by atoms with Gasteiger partial charge in [0.15, 0.2) is 12.7 Å². The Morgan fingerprint density at radius 1 is 1.54 bits per heavy atom. The predicted octanol–water partition coefficient (Wildman–Crippen LogP) is 0.160. The summed E-state index contributed by atoms with van der Waals surface area (Å²) in [6, 6.07) is 5.23. The molecule has 1 aromatic carbocycles. The number of methoxy groups -OCH3 is 1. The number of carbonyl (C=O) groups is 1. The van der Waals surface area contributed by atoms with Gasteiger partial charge in [0.05, 0.1) is 7.11 Å². The van der Waals surface area contributed by atoms with E-state index in [9.17, 15) is 14.3 Å². The Hall–Kier alpha value is -2.10. The number of aliphatic hydroxyl groups excluding tert-OH is 1. The van der Waals surface area contributed by atoms with Gasteiger partial charge in [0.2, 0.25) is 5.89 Å². The van der Waals surface area contributed by atoms with Crippen molar-refractivity contribution in [3.8, 4) is 11.5 Å². The molecule has 3 atom stereocenters. The molecule has 24 heavy (non-hydrogen) atoms. The van der Waals surface area contributed by atoms with Crippen LogP contribution in [0.3, 0.4) is 0 Å². The van der Waals surface area contributed by atoms with Crippen LogP contribution >= 0.6 is 12.2 Å². The fourth-order valence-corrected chi connectivity index (χ4v) is 3.04. The van der Waals surface area contributed by atoms with E-state index in [1.165, 1.54) is 23.9 Å². The number of aromatic nitrogens is 2. The zero-order valence-electron chi connectivity index (χ0n) is 12.9. The summed E-state index contributed by atoms with van der Waals surface area (Å²) in [6.07, 6.45) is -0.250. The quantitative estimate of drug-likeness (QED) is 0.601. The zero-order valence-corrected chi connectivity index (χ0v) is 13.8. The third kappa shape index (κ3) is 3.37. The molecule has 2 aromatic rings. The normalized spacial score (nSPS) is 23.4. The molecule has 7 nitrogen and oxygen atoms in total. The lowest BCUT2D eigenvalue weighted by atomic mass is 10.2. The van der Waals surface area contributed by atoms with E-state index >= 15 is 0 Å². The van der Waals surface area contributed by atoms with Crippen molar-refractivity contribution < 1.29 is 28.3 Å². The average Bonchev–Trinajstić information content (AvgIpc) is 3.11. The number of nitrogens with zero attached hydrogens (tertiary/aromatic N) is 2. The first-order valence-electron chi connectivity index (χ1n) is 7.42. The molecule has 1 aliphatic rings. The number of quaternary nitrogens is 1. The molecule has 0 amide bonds. The van der Waals surface area contributed by atoms with Gasteiger partial charge >= 0.3 is 5.97 Å². The first-order chi connectivity index (χ1) is 11.5. The summed E-state index contributed by atoms with van der Waals surface area (Å²) in [4.78, 5) is 12.8. The average molecular weight is 354 g/mol. The Labute approximate surface area is 142 Å². The minimum Gasteiger partial charge on any atom is -0.465 e. The van der Waals surface area contributed by atoms with E-state index in [2.05, 4.69) is 5.10 Å². The maximum atomic E-state index is 13.0. The van der Waals surface area contributed by atoms with Crippen LogP contribution in [0.4, 0.5) is 4.39 Å². The molecule has 1 saturated heterocycles. The molecule has 0 aliphatic carbocycles. The van der Waals surface area contributed by atoms with Gasteiger partial charge in [-0.15, -0.1) is 5.10 Å². The molecule has 2 N–H and O–H groups in total. The van der Waals surface area contributed by atoms with Crippen molar-refractivity contribution in [2.24, 2.45) is 0 Å². The smallest absolute Gasteiger partial charge is 0.364 e. The largest absolute Gasteiger partial charge is 0.465 e. The van der Waals surface area contributed by atoms with Crippen LogP contribution in [0.15, 0.2) is 28.7 Å². The summed E-state index contributed by atoms with van der Waals surface area (Å²) in [5, 5.41) is 14.1. The molecule has 1 aliphatic heterocycles. The summed E-state index contributed by atoms with van der Waals surface area (Å²) in [5.74, 6) is -0.461. The Bertz CT molecular complexity index is 789. The highest BCUT2D eigenvalue weighted by atomic mass is 32.1. The van der Waals surface area contributed by atoms with Gasteiger partial charge in [-0.05, 0) is 36.5 Å². The topological polar surface area (TPSA) is 81.9 Å². The summed E-state index contributed by atoms with van der Waals surface area (Å²) in [7, 11) is 1.32. The molecule has 9 heteroatoms. The van der Waals surface area contributed by atoms with E-state index < -0.39 is 12.1 Å². The molecular weight excluding hydrogens is 337 g/mol. The third-order valence-electron chi connectivity index (χ3n) is 4.03. The van der Waals surface area contributed by atoms with Crippen LogP contribution in [0, 0.1) is 10.7 Å². The lowest BCUT2D eigenvalue weighted by Gasteiger charge is -2.18. The minimum atomic E-state index is -0.582. The number of likely N-dealkylation sites (tertiary alicyclic amines) is 1. The van der Waals surface area contributed by atoms with Gasteiger partial charge in [0.25, 0.3) is 4.84 Å². The molecule has 3 rings (SSSR count). The van der Waals surface area contributed by atoms with E-state index in [0.717, 1.165) is 4.90 Å². The predicted molar refractivity (Wildman–Crippen MR) is 83.0 cm³/mol. The SMILES string of the molecule is COC(=O)[C@@H]1C[C@H](O)C[NH+]1Cn1nc(-c2ccc(F)cc2)oc1=S. The van der Waals surface area contributed by atoms with Gasteiger partial charge in [-0.25, -0.2) is 9.18 Å². The summed E-state index contributed by atoms with van der Waals surface area (Å²) in [6.45, 7) is 0.653. The molecule has 1 unspecified atom stereocenters. The monoisotopic (exact) mass is 354 g/mol. The maximum Gasteiger partial charge on any atom is 0.364 e. The number of aliphatic hydroxyl groups is 1. The molecule has 2 heterocycles. The highest BCUT2D eigenvalue weighted by Crippen LogP contribution is 2.18. The molecule has 1 aromatic heterocycles. The van der Waals surface area contributed by atoms with Gasteiger partial charge in [0.1, 0.15) is 18.5 Å². The van der Waals surface area contributed by atoms with Crippen molar-refractivity contribution in [3.05, 3.63) is 34.9 Å². The Kier molecular flexibility index (Phi) is 4.74. The second-order valence-corrected chi connectivity index (χ2v) is 6.01. The standard InChI is InChI=1S/C15H16FN3O4S/c1-22-14(21)12-6-11(20)7-18(12)8-19-15(24)23-13(17-19)9-2-4-10(16)5-3-9/h2-5,11-12,20H,6-8H2,1H3/p+1/t11-,12-/m0/s1. The molecule has 0 spiro atoms. The lowest BCUT2D eigenvalue weighted by molar-refractivity contribution is -0.928. The fourth-order valence-electron chi connectivity index (χ4n) is 2.85. The third-order valence-corrected chi connectivity index (χ3v) is 4.33. The van der Waals surface area contributed by atoms with Crippen molar-refractivity contribution in [1.82, 2.24) is 9.78 Å². The number of rotatable bonds is 4. The maximum absolute atomic E-state index is 13.0. The van der Waals surface area contributed by atoms with Crippen molar-refractivity contribution in [2.45, 2.75) is 25.2 Å². The highest BCUT2D eigenvalue weighted by Gasteiger charge is 2.41. The molecule has 0 radical (unpaired) electrons. The summed E-state index contributed by atoms with van der Waals surface area (Å²) in [5.41, 5.74) is 0.599. The van der Waals surface area contributed by atoms with Crippen LogP contribution in [0.25, 0.3) is 11.5 Å². The van der Waals surface area contributed by atoms with Crippen LogP contribution in [-0.4, -0.2) is 46.7 Å². The Balaban J connectivity index is 1.81. The molecule has 0 saturated carbocycles. The molecule has 0 bridgehead atoms. The number of nitrogens with one attached hydrogen (secondary N) is 1. The first-order valence-corrected chi connectivity index (χ1v) is 7.83. The highest BCUT2D eigenvalue weighted by molar-refractivity contribution is 7.71. The second kappa shape index (κ2) is 6.80. The van der Waals surface area contributed by atoms with E-state index in [-0.39, 0.29) is 29.2 Å². The Morgan fingerprint density at radius 2 is 2.25 bits per heavy atom. The van der Waals surface area contributed by atoms with Crippen molar-refractivity contribution in [2.75, 3.05) is 13.7 Å². The molecule has 1 fully saturated rings. The lowest BCUT2D eigenvalue weighted by Crippen LogP contribution is -3.14. The number of carbonyl (C=O) groups excluding carboxylic acids is 1. The van der Waals surface area contributed by atoms with Crippen LogP contribution in [0.5, 0.6) is 0 Å². The van der Waals surface area contributed by atoms with Crippen LogP contribution < -0.4 is 4.90 Å². The number of ether oxygens (including phenoxy) is 1. The van der Waals surface area contributed by atoms with Crippen molar-refractivity contribution >= 4 is 18.2 Å². The van der Waals surface area contributed by atoms with Crippen LogP contribution in [0.1, 0.15) is 6.42 Å². The number of halogens is 1. The minimum absolute atomic E-state index is 0.145. The number of hydrogen-bond donors (Lipinski definition) is 2. The summed E-state index contributed by atoms with van der Waals surface area (Å²) < 4.78 is 24.7. The number of hydrogen-bond acceptors (Lipinski definition) is 6. The van der Waals surface area contributed by atoms with Gasteiger partial charge in [-0.1, -0.05) is 0 Å². The Morgan fingerprint density at radius 3 is 2.92 bits per heavy atom. The molecule has 128 valence electrons. The van der Waals surface area contributed by atoms with Crippen LogP contribution in [-0.2, 0) is 16.2 Å².